The quantitative estimate of drug-likeness (QED) is 0.621. The van der Waals surface area contributed by atoms with Gasteiger partial charge in [-0.3, -0.25) is 0 Å². The van der Waals surface area contributed by atoms with E-state index in [1.807, 2.05) is 37.3 Å². The van der Waals surface area contributed by atoms with Crippen LogP contribution in [0.5, 0.6) is 5.75 Å². The maximum absolute atomic E-state index is 12.2. The number of nitrogens with zero attached hydrogens (tertiary/aromatic N) is 2. The van der Waals surface area contributed by atoms with Crippen molar-refractivity contribution in [3.8, 4) is 16.9 Å². The first-order chi connectivity index (χ1) is 12.1. The number of ether oxygens (including phenoxy) is 1. The van der Waals surface area contributed by atoms with E-state index in [1.54, 1.807) is 11.5 Å². The van der Waals surface area contributed by atoms with E-state index in [0.29, 0.717) is 5.65 Å². The van der Waals surface area contributed by atoms with Crippen LogP contribution >= 0.6 is 0 Å². The van der Waals surface area contributed by atoms with Gasteiger partial charge >= 0.3 is 5.69 Å². The molecule has 0 unspecified atom stereocenters. The average Bonchev–Trinajstić information content (AvgIpc) is 3.01. The summed E-state index contributed by atoms with van der Waals surface area (Å²) in [4.78, 5) is 12.2. The summed E-state index contributed by atoms with van der Waals surface area (Å²) in [6.07, 6.45) is 0.923. The Morgan fingerprint density at radius 2 is 1.96 bits per heavy atom. The normalized spacial score (nSPS) is 11.3. The fraction of sp³-hybridized carbons (Fsp3) is 0.200. The average molecular weight is 333 g/mol. The summed E-state index contributed by atoms with van der Waals surface area (Å²) in [7, 11) is 1.68. The predicted octanol–water partition coefficient (Wildman–Crippen LogP) is 3.72. The smallest absolute Gasteiger partial charge is 0.348 e. The number of H-pyrrole nitrogens is 1. The number of hydrogen-bond acceptors (Lipinski definition) is 3. The number of nitrogens with one attached hydrogen (secondary N) is 1. The number of hydrogen-bond donors (Lipinski definition) is 1. The highest BCUT2D eigenvalue weighted by atomic mass is 16.5. The molecule has 2 aromatic heterocycles. The van der Waals surface area contributed by atoms with Gasteiger partial charge in [0.2, 0.25) is 0 Å². The van der Waals surface area contributed by atoms with Crippen LogP contribution in [0.2, 0.25) is 0 Å². The van der Waals surface area contributed by atoms with Gasteiger partial charge in [0.15, 0.2) is 5.65 Å². The van der Waals surface area contributed by atoms with E-state index in [9.17, 15) is 4.79 Å². The number of pyridine rings is 1. The van der Waals surface area contributed by atoms with Crippen molar-refractivity contribution in [2.45, 2.75) is 20.3 Å². The Kier molecular flexibility index (Phi) is 3.57. The molecule has 1 N–H and O–H groups in total. The molecule has 0 radical (unpaired) electrons. The van der Waals surface area contributed by atoms with Gasteiger partial charge in [0.05, 0.1) is 12.6 Å². The van der Waals surface area contributed by atoms with Gasteiger partial charge in [0.1, 0.15) is 5.75 Å². The Morgan fingerprint density at radius 1 is 1.16 bits per heavy atom. The molecule has 126 valence electrons. The molecule has 4 rings (SSSR count). The largest absolute Gasteiger partial charge is 0.496 e. The number of benzene rings is 2. The van der Waals surface area contributed by atoms with Crippen LogP contribution in [-0.2, 0) is 6.42 Å². The molecular weight excluding hydrogens is 314 g/mol. The summed E-state index contributed by atoms with van der Waals surface area (Å²) in [5.41, 5.74) is 5.60. The van der Waals surface area contributed by atoms with Crippen LogP contribution in [0.15, 0.2) is 47.3 Å². The maximum atomic E-state index is 12.2. The fourth-order valence-corrected chi connectivity index (χ4v) is 3.45. The molecule has 0 spiro atoms. The minimum atomic E-state index is -0.236. The van der Waals surface area contributed by atoms with Crippen LogP contribution in [0.1, 0.15) is 18.1 Å². The number of aromatic amines is 1. The van der Waals surface area contributed by atoms with Crippen molar-refractivity contribution in [2.75, 3.05) is 7.11 Å². The maximum Gasteiger partial charge on any atom is 0.348 e. The van der Waals surface area contributed by atoms with Gasteiger partial charge < -0.3 is 4.74 Å². The van der Waals surface area contributed by atoms with Crippen molar-refractivity contribution in [3.05, 3.63) is 64.1 Å². The van der Waals surface area contributed by atoms with Crippen molar-refractivity contribution in [3.63, 3.8) is 0 Å². The van der Waals surface area contributed by atoms with E-state index in [4.69, 9.17) is 4.74 Å². The molecule has 0 saturated heterocycles. The highest BCUT2D eigenvalue weighted by Gasteiger charge is 2.15. The summed E-state index contributed by atoms with van der Waals surface area (Å²) in [5.74, 6) is 0.799. The Morgan fingerprint density at radius 3 is 2.72 bits per heavy atom. The molecular formula is C20H19N3O2. The molecule has 25 heavy (non-hydrogen) atoms. The summed E-state index contributed by atoms with van der Waals surface area (Å²) < 4.78 is 7.29. The van der Waals surface area contributed by atoms with Gasteiger partial charge in [-0.1, -0.05) is 31.2 Å². The number of aryl methyl sites for hydroxylation is 2. The Balaban J connectivity index is 2.16. The molecule has 5 heteroatoms. The Labute approximate surface area is 144 Å². The zero-order valence-corrected chi connectivity index (χ0v) is 14.5. The standard InChI is InChI=1S/C20H19N3O2/c1-4-13-7-5-6-8-14(13)16-10-17-15(11-18(16)25-3)12(2)9-19-21-22-20(24)23(17)19/h5-11H,4H2,1-3H3,(H,22,24). The molecule has 4 aromatic rings. The highest BCUT2D eigenvalue weighted by Crippen LogP contribution is 2.37. The molecule has 5 nitrogen and oxygen atoms in total. The van der Waals surface area contributed by atoms with Crippen molar-refractivity contribution >= 4 is 16.6 Å². The molecule has 0 aliphatic carbocycles. The SMILES string of the molecule is CCc1ccccc1-c1cc2c(cc1OC)c(C)cc1n[nH]c(=O)n12. The second-order valence-corrected chi connectivity index (χ2v) is 6.13. The molecule has 0 bridgehead atoms. The van der Waals surface area contributed by atoms with Crippen LogP contribution in [0.4, 0.5) is 0 Å². The molecule has 2 aromatic carbocycles. The first kappa shape index (κ1) is 15.4. The van der Waals surface area contributed by atoms with Crippen molar-refractivity contribution < 1.29 is 4.74 Å². The van der Waals surface area contributed by atoms with Gasteiger partial charge in [-0.25, -0.2) is 14.3 Å². The third-order valence-electron chi connectivity index (χ3n) is 4.72. The lowest BCUT2D eigenvalue weighted by molar-refractivity contribution is 0.417. The number of methoxy groups -OCH3 is 1. The zero-order chi connectivity index (χ0) is 17.6. The highest BCUT2D eigenvalue weighted by molar-refractivity contribution is 5.92. The van der Waals surface area contributed by atoms with Crippen molar-refractivity contribution in [1.29, 1.82) is 0 Å². The van der Waals surface area contributed by atoms with Gasteiger partial charge in [0, 0.05) is 10.9 Å². The van der Waals surface area contributed by atoms with Gasteiger partial charge in [-0.05, 0) is 48.2 Å². The molecule has 0 aliphatic heterocycles. The lowest BCUT2D eigenvalue weighted by Crippen LogP contribution is -2.10. The lowest BCUT2D eigenvalue weighted by Gasteiger charge is -2.15. The number of fused-ring (bicyclic) bond motifs is 3. The van der Waals surface area contributed by atoms with E-state index < -0.39 is 0 Å². The summed E-state index contributed by atoms with van der Waals surface area (Å²) in [6, 6.07) is 14.2. The zero-order valence-electron chi connectivity index (χ0n) is 14.5. The topological polar surface area (TPSA) is 59.4 Å². The van der Waals surface area contributed by atoms with E-state index in [0.717, 1.165) is 39.8 Å². The molecule has 2 heterocycles. The van der Waals surface area contributed by atoms with Gasteiger partial charge in [-0.2, -0.15) is 5.10 Å². The number of aromatic nitrogens is 3. The minimum Gasteiger partial charge on any atom is -0.496 e. The summed E-state index contributed by atoms with van der Waals surface area (Å²) in [6.45, 7) is 4.15. The van der Waals surface area contributed by atoms with Crippen LogP contribution in [0.3, 0.4) is 0 Å². The van der Waals surface area contributed by atoms with E-state index in [2.05, 4.69) is 29.3 Å². The fourth-order valence-electron chi connectivity index (χ4n) is 3.45. The van der Waals surface area contributed by atoms with Crippen LogP contribution in [0.25, 0.3) is 27.7 Å². The van der Waals surface area contributed by atoms with Crippen molar-refractivity contribution in [2.24, 2.45) is 0 Å². The van der Waals surface area contributed by atoms with Crippen molar-refractivity contribution in [1.82, 2.24) is 14.6 Å². The van der Waals surface area contributed by atoms with Crippen LogP contribution < -0.4 is 10.4 Å². The van der Waals surface area contributed by atoms with Gasteiger partial charge in [0.25, 0.3) is 0 Å². The Bertz CT molecular complexity index is 1150. The molecule has 0 fully saturated rings. The molecule has 0 aliphatic rings. The first-order valence-corrected chi connectivity index (χ1v) is 8.30. The third-order valence-corrected chi connectivity index (χ3v) is 4.72. The van der Waals surface area contributed by atoms with E-state index in [1.165, 1.54) is 5.56 Å². The van der Waals surface area contributed by atoms with E-state index in [-0.39, 0.29) is 5.69 Å². The second kappa shape index (κ2) is 5.77. The predicted molar refractivity (Wildman–Crippen MR) is 99.4 cm³/mol. The van der Waals surface area contributed by atoms with Gasteiger partial charge in [-0.15, -0.1) is 0 Å². The van der Waals surface area contributed by atoms with Crippen LogP contribution in [0, 0.1) is 6.92 Å². The minimum absolute atomic E-state index is 0.236. The molecule has 0 atom stereocenters. The third kappa shape index (κ3) is 2.31. The first-order valence-electron chi connectivity index (χ1n) is 8.30. The lowest BCUT2D eigenvalue weighted by atomic mass is 9.95. The molecule has 0 amide bonds. The summed E-state index contributed by atoms with van der Waals surface area (Å²) in [5, 5.41) is 7.61. The number of rotatable bonds is 3. The Hall–Kier alpha value is -3.08. The second-order valence-electron chi connectivity index (χ2n) is 6.13. The molecule has 0 saturated carbocycles. The monoisotopic (exact) mass is 333 g/mol. The van der Waals surface area contributed by atoms with E-state index >= 15 is 0 Å². The summed E-state index contributed by atoms with van der Waals surface area (Å²) >= 11 is 0. The van der Waals surface area contributed by atoms with Crippen LogP contribution in [-0.4, -0.2) is 21.7 Å².